The predicted molar refractivity (Wildman–Crippen MR) is 107 cm³/mol. The van der Waals surface area contributed by atoms with Crippen molar-refractivity contribution in [3.8, 4) is 5.69 Å². The van der Waals surface area contributed by atoms with Crippen LogP contribution in [0.1, 0.15) is 15.9 Å². The maximum absolute atomic E-state index is 13.2. The van der Waals surface area contributed by atoms with Crippen LogP contribution in [0.4, 0.5) is 5.69 Å². The summed E-state index contributed by atoms with van der Waals surface area (Å²) in [5, 5.41) is 1.16. The minimum Gasteiger partial charge on any atom is -0.378 e. The Morgan fingerprint density at radius 2 is 1.50 bits per heavy atom. The number of carbonyl (C=O) groups excluding carboxylic acids is 1. The van der Waals surface area contributed by atoms with Gasteiger partial charge in [0.2, 0.25) is 0 Å². The summed E-state index contributed by atoms with van der Waals surface area (Å²) in [4.78, 5) is 15.2. The molecular weight excluding hydrogens is 320 g/mol. The van der Waals surface area contributed by atoms with Crippen LogP contribution in [0, 0.1) is 0 Å². The van der Waals surface area contributed by atoms with Gasteiger partial charge in [-0.15, -0.1) is 0 Å². The van der Waals surface area contributed by atoms with Crippen LogP contribution in [0.2, 0.25) is 0 Å². The number of fused-ring (bicyclic) bond motifs is 1. The van der Waals surface area contributed by atoms with Crippen molar-refractivity contribution >= 4 is 22.4 Å². The summed E-state index contributed by atoms with van der Waals surface area (Å²) < 4.78 is 2.08. The maximum atomic E-state index is 13.2. The summed E-state index contributed by atoms with van der Waals surface area (Å²) in [5.74, 6) is 0.0312. The Hall–Kier alpha value is -3.33. The zero-order chi connectivity index (χ0) is 18.1. The molecule has 0 amide bonds. The van der Waals surface area contributed by atoms with Crippen LogP contribution >= 0.6 is 0 Å². The third kappa shape index (κ3) is 2.78. The lowest BCUT2D eigenvalue weighted by Gasteiger charge is -2.14. The largest absolute Gasteiger partial charge is 0.378 e. The minimum absolute atomic E-state index is 0.0312. The normalized spacial score (nSPS) is 10.8. The van der Waals surface area contributed by atoms with Crippen LogP contribution in [0.25, 0.3) is 16.6 Å². The van der Waals surface area contributed by atoms with Crippen LogP contribution in [-0.2, 0) is 0 Å². The molecular formula is C23H20N2O. The van der Waals surface area contributed by atoms with Crippen LogP contribution in [0.5, 0.6) is 0 Å². The Bertz CT molecular complexity index is 1070. The van der Waals surface area contributed by atoms with E-state index < -0.39 is 0 Å². The van der Waals surface area contributed by atoms with Crippen molar-refractivity contribution in [2.24, 2.45) is 0 Å². The van der Waals surface area contributed by atoms with E-state index in [1.165, 1.54) is 0 Å². The van der Waals surface area contributed by atoms with Gasteiger partial charge in [-0.2, -0.15) is 0 Å². The maximum Gasteiger partial charge on any atom is 0.195 e. The number of ketones is 1. The smallest absolute Gasteiger partial charge is 0.195 e. The van der Waals surface area contributed by atoms with Gasteiger partial charge in [-0.25, -0.2) is 0 Å². The van der Waals surface area contributed by atoms with E-state index in [9.17, 15) is 4.79 Å². The topological polar surface area (TPSA) is 25.2 Å². The van der Waals surface area contributed by atoms with E-state index in [1.54, 1.807) is 0 Å². The molecule has 0 fully saturated rings. The average molecular weight is 340 g/mol. The summed E-state index contributed by atoms with van der Waals surface area (Å²) in [6.07, 6.45) is 2.02. The molecule has 0 spiro atoms. The van der Waals surface area contributed by atoms with Gasteiger partial charge >= 0.3 is 0 Å². The van der Waals surface area contributed by atoms with Gasteiger partial charge in [0.25, 0.3) is 0 Å². The third-order valence-corrected chi connectivity index (χ3v) is 4.65. The first-order valence-corrected chi connectivity index (χ1v) is 8.63. The first-order chi connectivity index (χ1) is 12.6. The van der Waals surface area contributed by atoms with Crippen LogP contribution in [0.3, 0.4) is 0 Å². The van der Waals surface area contributed by atoms with Crippen molar-refractivity contribution in [1.29, 1.82) is 0 Å². The third-order valence-electron chi connectivity index (χ3n) is 4.65. The molecule has 0 N–H and O–H groups in total. The van der Waals surface area contributed by atoms with Crippen LogP contribution < -0.4 is 4.90 Å². The second-order valence-corrected chi connectivity index (χ2v) is 6.53. The summed E-state index contributed by atoms with van der Waals surface area (Å²) in [5.41, 5.74) is 4.46. The first kappa shape index (κ1) is 16.2. The zero-order valence-corrected chi connectivity index (χ0v) is 14.9. The van der Waals surface area contributed by atoms with Crippen molar-refractivity contribution in [3.05, 3.63) is 96.2 Å². The number of hydrogen-bond acceptors (Lipinski definition) is 2. The highest BCUT2D eigenvalue weighted by Crippen LogP contribution is 2.25. The molecule has 0 aliphatic rings. The molecule has 0 aliphatic carbocycles. The van der Waals surface area contributed by atoms with Crippen molar-refractivity contribution in [1.82, 2.24) is 4.57 Å². The number of hydrogen-bond donors (Lipinski definition) is 0. The first-order valence-electron chi connectivity index (χ1n) is 8.63. The molecule has 128 valence electrons. The van der Waals surface area contributed by atoms with E-state index in [-0.39, 0.29) is 5.78 Å². The number of para-hydroxylation sites is 2. The quantitative estimate of drug-likeness (QED) is 0.492. The number of carbonyl (C=O) groups is 1. The highest BCUT2D eigenvalue weighted by molar-refractivity contribution is 6.11. The van der Waals surface area contributed by atoms with Crippen molar-refractivity contribution in [2.75, 3.05) is 19.0 Å². The number of benzene rings is 3. The Kier molecular flexibility index (Phi) is 4.05. The summed E-state index contributed by atoms with van der Waals surface area (Å²) in [6.45, 7) is 0. The molecule has 4 rings (SSSR count). The van der Waals surface area contributed by atoms with E-state index in [2.05, 4.69) is 22.8 Å². The fraction of sp³-hybridized carbons (Fsp3) is 0.0870. The van der Waals surface area contributed by atoms with E-state index in [0.717, 1.165) is 22.3 Å². The zero-order valence-electron chi connectivity index (χ0n) is 14.9. The number of anilines is 1. The lowest BCUT2D eigenvalue weighted by molar-refractivity contribution is 0.103. The van der Waals surface area contributed by atoms with E-state index in [1.807, 2.05) is 85.9 Å². The SMILES string of the molecule is CN(C)c1ccc(C(=O)c2ccccc2-n2ccc3ccccc32)cc1. The fourth-order valence-electron chi connectivity index (χ4n) is 3.24. The second-order valence-electron chi connectivity index (χ2n) is 6.53. The number of rotatable bonds is 4. The molecule has 0 atom stereocenters. The van der Waals surface area contributed by atoms with Gasteiger partial charge in [0.15, 0.2) is 5.78 Å². The Morgan fingerprint density at radius 3 is 2.27 bits per heavy atom. The molecule has 0 saturated heterocycles. The molecule has 0 saturated carbocycles. The van der Waals surface area contributed by atoms with Gasteiger partial charge in [-0.05, 0) is 53.9 Å². The van der Waals surface area contributed by atoms with Gasteiger partial charge in [0.05, 0.1) is 11.2 Å². The molecule has 0 unspecified atom stereocenters. The average Bonchev–Trinajstić information content (AvgIpc) is 3.11. The molecule has 3 nitrogen and oxygen atoms in total. The Labute approximate surface area is 153 Å². The Morgan fingerprint density at radius 1 is 0.808 bits per heavy atom. The number of aromatic nitrogens is 1. The summed E-state index contributed by atoms with van der Waals surface area (Å²) in [6, 6.07) is 25.8. The Balaban J connectivity index is 1.80. The molecule has 26 heavy (non-hydrogen) atoms. The van der Waals surface area contributed by atoms with Crippen LogP contribution in [-0.4, -0.2) is 24.4 Å². The molecule has 1 aromatic heterocycles. The molecule has 0 bridgehead atoms. The molecule has 3 heteroatoms. The lowest BCUT2D eigenvalue weighted by atomic mass is 10.0. The van der Waals surface area contributed by atoms with Gasteiger partial charge in [-0.1, -0.05) is 30.3 Å². The van der Waals surface area contributed by atoms with Gasteiger partial charge in [0.1, 0.15) is 0 Å². The van der Waals surface area contributed by atoms with E-state index in [0.29, 0.717) is 11.1 Å². The van der Waals surface area contributed by atoms with Gasteiger partial charge < -0.3 is 9.47 Å². The van der Waals surface area contributed by atoms with Crippen LogP contribution in [0.15, 0.2) is 85.1 Å². The molecule has 4 aromatic rings. The summed E-state index contributed by atoms with van der Waals surface area (Å²) >= 11 is 0. The predicted octanol–water partition coefficient (Wildman–Crippen LogP) is 4.93. The highest BCUT2D eigenvalue weighted by Gasteiger charge is 2.15. The van der Waals surface area contributed by atoms with Crippen molar-refractivity contribution < 1.29 is 4.79 Å². The molecule has 1 heterocycles. The van der Waals surface area contributed by atoms with E-state index in [4.69, 9.17) is 0 Å². The second kappa shape index (κ2) is 6.52. The van der Waals surface area contributed by atoms with Crippen molar-refractivity contribution in [3.63, 3.8) is 0 Å². The monoisotopic (exact) mass is 340 g/mol. The minimum atomic E-state index is 0.0312. The highest BCUT2D eigenvalue weighted by atomic mass is 16.1. The lowest BCUT2D eigenvalue weighted by Crippen LogP contribution is -2.10. The van der Waals surface area contributed by atoms with Crippen molar-refractivity contribution in [2.45, 2.75) is 0 Å². The molecule has 0 radical (unpaired) electrons. The summed E-state index contributed by atoms with van der Waals surface area (Å²) in [7, 11) is 3.98. The van der Waals surface area contributed by atoms with E-state index >= 15 is 0 Å². The van der Waals surface area contributed by atoms with Gasteiger partial charge in [-0.3, -0.25) is 4.79 Å². The number of nitrogens with zero attached hydrogens (tertiary/aromatic N) is 2. The van der Waals surface area contributed by atoms with Gasteiger partial charge in [0, 0.05) is 37.1 Å². The fourth-order valence-corrected chi connectivity index (χ4v) is 3.24. The molecule has 0 aliphatic heterocycles. The standard InChI is InChI=1S/C23H20N2O/c1-24(2)19-13-11-18(12-14-19)23(26)20-8-4-6-10-22(20)25-16-15-17-7-3-5-9-21(17)25/h3-16H,1-2H3. The molecule has 3 aromatic carbocycles.